The number of fused-ring (bicyclic) bond motifs is 1. The second-order valence-corrected chi connectivity index (χ2v) is 8.54. The molecule has 1 aromatic heterocycles. The van der Waals surface area contributed by atoms with Crippen LogP contribution in [0.3, 0.4) is 0 Å². The molecule has 132 valence electrons. The number of hydrogen-bond donors (Lipinski definition) is 0. The van der Waals surface area contributed by atoms with Crippen LogP contribution >= 0.6 is 15.9 Å². The lowest BCUT2D eigenvalue weighted by atomic mass is 10.1. The first-order valence-corrected chi connectivity index (χ1v) is 9.45. The molecule has 3 aromatic rings. The van der Waals surface area contributed by atoms with Crippen molar-refractivity contribution >= 4 is 36.9 Å². The van der Waals surface area contributed by atoms with Crippen LogP contribution in [-0.4, -0.2) is 12.4 Å². The van der Waals surface area contributed by atoms with Crippen LogP contribution in [0.5, 0.6) is 0 Å². The molecule has 0 fully saturated rings. The smallest absolute Gasteiger partial charge is 0.241 e. The number of hydrogen-bond acceptors (Lipinski definition) is 2. The van der Waals surface area contributed by atoms with Crippen molar-refractivity contribution in [3.05, 3.63) is 63.8 Å². The molecule has 0 radical (unpaired) electrons. The molecule has 0 N–H and O–H groups in total. The monoisotopic (exact) mass is 431 g/mol. The fourth-order valence-electron chi connectivity index (χ4n) is 2.70. The van der Waals surface area contributed by atoms with Crippen LogP contribution < -0.4 is 0 Å². The number of halogens is 4. The Hall–Kier alpha value is -1.80. The van der Waals surface area contributed by atoms with Crippen molar-refractivity contribution in [1.29, 1.82) is 0 Å². The topological polar surface area (TPSA) is 39.1 Å². The Morgan fingerprint density at radius 2 is 1.72 bits per heavy atom. The fourth-order valence-corrected chi connectivity index (χ4v) is 5.01. The highest BCUT2D eigenvalue weighted by atomic mass is 79.9. The number of aryl methyl sites for hydroxylation is 2. The summed E-state index contributed by atoms with van der Waals surface area (Å²) in [6.45, 7) is 3.35. The Kier molecular flexibility index (Phi) is 4.23. The molecule has 2 aromatic carbocycles. The first-order chi connectivity index (χ1) is 11.5. The molecule has 0 aliphatic carbocycles. The second kappa shape index (κ2) is 5.88. The largest absolute Gasteiger partial charge is 0.416 e. The summed E-state index contributed by atoms with van der Waals surface area (Å²) in [6.07, 6.45) is -3.14. The van der Waals surface area contributed by atoms with E-state index in [1.807, 2.05) is 0 Å². The van der Waals surface area contributed by atoms with Crippen LogP contribution in [0.2, 0.25) is 0 Å². The van der Waals surface area contributed by atoms with Gasteiger partial charge in [-0.3, -0.25) is 0 Å². The zero-order chi connectivity index (χ0) is 18.6. The molecule has 0 unspecified atom stereocenters. The van der Waals surface area contributed by atoms with Crippen LogP contribution in [0.1, 0.15) is 16.7 Å². The van der Waals surface area contributed by atoms with Gasteiger partial charge in [-0.05, 0) is 61.4 Å². The van der Waals surface area contributed by atoms with Gasteiger partial charge in [0.05, 0.1) is 16.0 Å². The lowest BCUT2D eigenvalue weighted by Gasteiger charge is -2.10. The highest BCUT2D eigenvalue weighted by molar-refractivity contribution is 9.10. The van der Waals surface area contributed by atoms with E-state index in [9.17, 15) is 21.6 Å². The molecule has 0 aliphatic rings. The lowest BCUT2D eigenvalue weighted by Crippen LogP contribution is -2.12. The lowest BCUT2D eigenvalue weighted by molar-refractivity contribution is -0.137. The van der Waals surface area contributed by atoms with Crippen LogP contribution in [0.4, 0.5) is 13.2 Å². The van der Waals surface area contributed by atoms with Crippen molar-refractivity contribution in [3.8, 4) is 0 Å². The molecule has 0 aliphatic heterocycles. The molecule has 0 saturated heterocycles. The zero-order valence-electron chi connectivity index (χ0n) is 13.2. The molecule has 25 heavy (non-hydrogen) atoms. The van der Waals surface area contributed by atoms with Gasteiger partial charge in [-0.1, -0.05) is 15.9 Å². The maximum absolute atomic E-state index is 13.0. The summed E-state index contributed by atoms with van der Waals surface area (Å²) < 4.78 is 66.3. The first kappa shape index (κ1) is 18.0. The van der Waals surface area contributed by atoms with E-state index in [2.05, 4.69) is 15.9 Å². The molecular weight excluding hydrogens is 419 g/mol. The average molecular weight is 432 g/mol. The van der Waals surface area contributed by atoms with E-state index in [0.717, 1.165) is 21.7 Å². The van der Waals surface area contributed by atoms with Gasteiger partial charge in [0, 0.05) is 16.1 Å². The Balaban J connectivity index is 2.25. The molecule has 0 spiro atoms. The molecule has 0 saturated carbocycles. The Labute approximate surface area is 151 Å². The number of benzene rings is 2. The van der Waals surface area contributed by atoms with Gasteiger partial charge in [0.1, 0.15) is 0 Å². The average Bonchev–Trinajstić information content (AvgIpc) is 2.83. The Morgan fingerprint density at radius 1 is 1.04 bits per heavy atom. The van der Waals surface area contributed by atoms with Crippen molar-refractivity contribution in [2.75, 3.05) is 0 Å². The summed E-state index contributed by atoms with van der Waals surface area (Å²) >= 11 is 3.27. The van der Waals surface area contributed by atoms with E-state index >= 15 is 0 Å². The molecule has 8 heteroatoms. The van der Waals surface area contributed by atoms with Crippen LogP contribution in [0.25, 0.3) is 10.9 Å². The Morgan fingerprint density at radius 3 is 2.32 bits per heavy atom. The summed E-state index contributed by atoms with van der Waals surface area (Å²) in [5.74, 6) is 0. The first-order valence-electron chi connectivity index (χ1n) is 7.22. The van der Waals surface area contributed by atoms with E-state index in [-0.39, 0.29) is 15.8 Å². The van der Waals surface area contributed by atoms with Gasteiger partial charge in [-0.15, -0.1) is 0 Å². The molecule has 0 atom stereocenters. The summed E-state index contributed by atoms with van der Waals surface area (Å²) in [7, 11) is -3.93. The highest BCUT2D eigenvalue weighted by Crippen LogP contribution is 2.34. The van der Waals surface area contributed by atoms with Crippen molar-refractivity contribution in [2.45, 2.75) is 24.9 Å². The summed E-state index contributed by atoms with van der Waals surface area (Å²) in [4.78, 5) is 0.0659. The molecule has 0 bridgehead atoms. The number of aromatic nitrogens is 1. The van der Waals surface area contributed by atoms with E-state index in [0.29, 0.717) is 10.0 Å². The minimum atomic E-state index is -4.48. The van der Waals surface area contributed by atoms with Gasteiger partial charge in [-0.2, -0.15) is 13.2 Å². The van der Waals surface area contributed by atoms with Crippen LogP contribution in [0, 0.1) is 13.8 Å². The summed E-state index contributed by atoms with van der Waals surface area (Å²) in [6, 6.07) is 7.81. The van der Waals surface area contributed by atoms with Gasteiger partial charge < -0.3 is 0 Å². The van der Waals surface area contributed by atoms with Crippen molar-refractivity contribution in [2.24, 2.45) is 0 Å². The van der Waals surface area contributed by atoms with Gasteiger partial charge >= 0.3 is 6.18 Å². The SMILES string of the molecule is Cc1cc(Br)cc(S(=O)(=O)n2cc(C)c3cc(C(F)(F)F)ccc32)c1. The highest BCUT2D eigenvalue weighted by Gasteiger charge is 2.31. The minimum Gasteiger partial charge on any atom is -0.241 e. The van der Waals surface area contributed by atoms with Crippen molar-refractivity contribution in [3.63, 3.8) is 0 Å². The van der Waals surface area contributed by atoms with Crippen LogP contribution in [-0.2, 0) is 16.2 Å². The van der Waals surface area contributed by atoms with Gasteiger partial charge in [-0.25, -0.2) is 12.4 Å². The second-order valence-electron chi connectivity index (χ2n) is 5.81. The third-order valence-electron chi connectivity index (χ3n) is 3.87. The summed E-state index contributed by atoms with van der Waals surface area (Å²) in [5.41, 5.74) is 0.608. The van der Waals surface area contributed by atoms with Gasteiger partial charge in [0.15, 0.2) is 0 Å². The maximum Gasteiger partial charge on any atom is 0.416 e. The number of alkyl halides is 3. The molecule has 3 rings (SSSR count). The van der Waals surface area contributed by atoms with E-state index in [1.54, 1.807) is 19.9 Å². The van der Waals surface area contributed by atoms with Gasteiger partial charge in [0.2, 0.25) is 0 Å². The third kappa shape index (κ3) is 3.20. The minimum absolute atomic E-state index is 0.0659. The van der Waals surface area contributed by atoms with E-state index in [1.165, 1.54) is 24.4 Å². The van der Waals surface area contributed by atoms with E-state index in [4.69, 9.17) is 0 Å². The summed E-state index contributed by atoms with van der Waals surface area (Å²) in [5, 5.41) is 0.255. The fraction of sp³-hybridized carbons (Fsp3) is 0.176. The normalized spacial score (nSPS) is 12.7. The van der Waals surface area contributed by atoms with Crippen LogP contribution in [0.15, 0.2) is 52.0 Å². The zero-order valence-corrected chi connectivity index (χ0v) is 15.6. The standard InChI is InChI=1S/C17H13BrF3NO2S/c1-10-5-13(18)8-14(6-10)25(23,24)22-9-11(2)15-7-12(17(19,20)21)3-4-16(15)22/h3-9H,1-2H3. The maximum atomic E-state index is 13.0. The Bertz CT molecular complexity index is 1060. The predicted octanol–water partition coefficient (Wildman–Crippen LogP) is 5.28. The van der Waals surface area contributed by atoms with Crippen molar-refractivity contribution < 1.29 is 21.6 Å². The molecule has 3 nitrogen and oxygen atoms in total. The number of rotatable bonds is 2. The third-order valence-corrected chi connectivity index (χ3v) is 5.98. The molecular formula is C17H13BrF3NO2S. The molecule has 1 heterocycles. The van der Waals surface area contributed by atoms with E-state index < -0.39 is 21.8 Å². The quantitative estimate of drug-likeness (QED) is 0.553. The van der Waals surface area contributed by atoms with Gasteiger partial charge in [0.25, 0.3) is 10.0 Å². The predicted molar refractivity (Wildman–Crippen MR) is 93.1 cm³/mol. The van der Waals surface area contributed by atoms with Crippen molar-refractivity contribution in [1.82, 2.24) is 3.97 Å². The molecule has 0 amide bonds. The number of nitrogens with zero attached hydrogens (tertiary/aromatic N) is 1.